The second-order valence-corrected chi connectivity index (χ2v) is 10.8. The summed E-state index contributed by atoms with van der Waals surface area (Å²) < 4.78 is 30.2. The van der Waals surface area contributed by atoms with Gasteiger partial charge in [-0.2, -0.15) is 0 Å². The van der Waals surface area contributed by atoms with Crippen LogP contribution in [0.5, 0.6) is 0 Å². The van der Waals surface area contributed by atoms with E-state index in [0.717, 1.165) is 25.9 Å². The van der Waals surface area contributed by atoms with Crippen molar-refractivity contribution < 1.29 is 13.2 Å². The minimum absolute atomic E-state index is 0.0374. The van der Waals surface area contributed by atoms with Crippen LogP contribution in [0.25, 0.3) is 10.7 Å². The molecule has 1 amide bonds. The van der Waals surface area contributed by atoms with Crippen LogP contribution >= 0.6 is 11.3 Å². The number of carbonyl (C=O) groups excluding carboxylic acids is 1. The fraction of sp³-hybridized carbons (Fsp3) is 0.619. The van der Waals surface area contributed by atoms with E-state index in [1.54, 1.807) is 13.0 Å². The topological polar surface area (TPSA) is 84.3 Å². The zero-order valence-corrected chi connectivity index (χ0v) is 20.1. The van der Waals surface area contributed by atoms with Crippen LogP contribution in [0.3, 0.4) is 0 Å². The maximum Gasteiger partial charge on any atom is 0.265 e. The van der Waals surface area contributed by atoms with Gasteiger partial charge in [-0.3, -0.25) is 4.79 Å². The summed E-state index contributed by atoms with van der Waals surface area (Å²) in [6.07, 6.45) is 5.13. The molecule has 3 heterocycles. The summed E-state index contributed by atoms with van der Waals surface area (Å²) in [5.74, 6) is 0.0374. The lowest BCUT2D eigenvalue weighted by Crippen LogP contribution is -2.32. The summed E-state index contributed by atoms with van der Waals surface area (Å²) >= 11 is 1.35. The first-order valence-electron chi connectivity index (χ1n) is 10.6. The molecule has 2 aromatic heterocycles. The highest BCUT2D eigenvalue weighted by atomic mass is 32.2. The van der Waals surface area contributed by atoms with E-state index in [9.17, 15) is 13.2 Å². The van der Waals surface area contributed by atoms with E-state index < -0.39 is 10.0 Å². The van der Waals surface area contributed by atoms with Gasteiger partial charge in [0.2, 0.25) is 10.0 Å². The van der Waals surface area contributed by atoms with Gasteiger partial charge >= 0.3 is 0 Å². The maximum atomic E-state index is 13.1. The zero-order valence-electron chi connectivity index (χ0n) is 18.5. The number of nitrogens with zero attached hydrogens (tertiary/aromatic N) is 3. The van der Waals surface area contributed by atoms with E-state index in [4.69, 9.17) is 0 Å². The number of sulfonamides is 1. The lowest BCUT2D eigenvalue weighted by molar-refractivity contribution is 0.0765. The summed E-state index contributed by atoms with van der Waals surface area (Å²) in [4.78, 5) is 20.5. The number of hydrogen-bond acceptors (Lipinski definition) is 5. The molecule has 0 aromatic carbocycles. The van der Waals surface area contributed by atoms with E-state index in [0.29, 0.717) is 33.4 Å². The standard InChI is InChI=1S/C21H32N4O3S2/c1-6-14(2)23-30(27,28)18-13-17(24(5)16(18)4)20-22-15(3)19(29-20)21(26)25-11-9-7-8-10-12-25/h13-14,23H,6-12H2,1-5H3/t14-/m0/s1. The molecule has 7 nitrogen and oxygen atoms in total. The molecule has 2 aromatic rings. The Balaban J connectivity index is 1.94. The van der Waals surface area contributed by atoms with Crippen LogP contribution in [0.4, 0.5) is 0 Å². The summed E-state index contributed by atoms with van der Waals surface area (Å²) in [6, 6.07) is 1.52. The first-order valence-corrected chi connectivity index (χ1v) is 12.9. The minimum Gasteiger partial charge on any atom is -0.345 e. The molecule has 1 fully saturated rings. The third kappa shape index (κ3) is 4.63. The van der Waals surface area contributed by atoms with Crippen molar-refractivity contribution >= 4 is 27.3 Å². The summed E-state index contributed by atoms with van der Waals surface area (Å²) in [6.45, 7) is 9.01. The van der Waals surface area contributed by atoms with Crippen LogP contribution in [0.2, 0.25) is 0 Å². The molecular formula is C21H32N4O3S2. The molecule has 0 unspecified atom stereocenters. The molecular weight excluding hydrogens is 420 g/mol. The second kappa shape index (κ2) is 9.20. The Labute approximate surface area is 183 Å². The Bertz CT molecular complexity index is 1020. The van der Waals surface area contributed by atoms with Crippen LogP contribution in [-0.4, -0.2) is 47.9 Å². The smallest absolute Gasteiger partial charge is 0.265 e. The fourth-order valence-corrected chi connectivity index (χ4v) is 6.38. The Morgan fingerprint density at radius 3 is 2.47 bits per heavy atom. The Morgan fingerprint density at radius 2 is 1.87 bits per heavy atom. The largest absolute Gasteiger partial charge is 0.345 e. The highest BCUT2D eigenvalue weighted by molar-refractivity contribution is 7.89. The molecule has 1 saturated heterocycles. The van der Waals surface area contributed by atoms with E-state index in [1.807, 2.05) is 37.3 Å². The van der Waals surface area contributed by atoms with Crippen molar-refractivity contribution in [3.63, 3.8) is 0 Å². The first kappa shape index (κ1) is 23.0. The number of amides is 1. The van der Waals surface area contributed by atoms with Gasteiger partial charge in [-0.25, -0.2) is 18.1 Å². The molecule has 0 bridgehead atoms. The van der Waals surface area contributed by atoms with Crippen molar-refractivity contribution in [3.8, 4) is 10.7 Å². The molecule has 0 radical (unpaired) electrons. The average molecular weight is 453 g/mol. The van der Waals surface area contributed by atoms with Crippen LogP contribution in [0.1, 0.15) is 67.0 Å². The predicted molar refractivity (Wildman–Crippen MR) is 120 cm³/mol. The number of rotatable bonds is 6. The third-order valence-electron chi connectivity index (χ3n) is 5.85. The van der Waals surface area contributed by atoms with Crippen molar-refractivity contribution in [2.24, 2.45) is 7.05 Å². The van der Waals surface area contributed by atoms with E-state index >= 15 is 0 Å². The van der Waals surface area contributed by atoms with Crippen LogP contribution < -0.4 is 4.72 Å². The summed E-state index contributed by atoms with van der Waals surface area (Å²) in [7, 11) is -1.79. The SMILES string of the molecule is CC[C@H](C)NS(=O)(=O)c1cc(-c2nc(C)c(C(=O)N3CCCCCC3)s2)n(C)c1C. The lowest BCUT2D eigenvalue weighted by atomic mass is 10.2. The van der Waals surface area contributed by atoms with Gasteiger partial charge in [0.25, 0.3) is 5.91 Å². The number of thiazole rings is 1. The van der Waals surface area contributed by atoms with Crippen molar-refractivity contribution in [2.75, 3.05) is 13.1 Å². The summed E-state index contributed by atoms with van der Waals surface area (Å²) in [5, 5.41) is 0.668. The average Bonchev–Trinajstić information content (AvgIpc) is 3.08. The molecule has 1 N–H and O–H groups in total. The van der Waals surface area contributed by atoms with Gasteiger partial charge in [0.1, 0.15) is 14.8 Å². The molecule has 30 heavy (non-hydrogen) atoms. The Hall–Kier alpha value is -1.71. The normalized spacial score (nSPS) is 16.5. The molecule has 1 aliphatic heterocycles. The van der Waals surface area contributed by atoms with Gasteiger partial charge in [0.05, 0.1) is 11.4 Å². The van der Waals surface area contributed by atoms with Gasteiger partial charge in [0.15, 0.2) is 0 Å². The van der Waals surface area contributed by atoms with Crippen LogP contribution in [0.15, 0.2) is 11.0 Å². The lowest BCUT2D eigenvalue weighted by Gasteiger charge is -2.19. The van der Waals surface area contributed by atoms with Crippen molar-refractivity contribution in [3.05, 3.63) is 22.3 Å². The number of carbonyl (C=O) groups is 1. The fourth-order valence-electron chi connectivity index (χ4n) is 3.68. The van der Waals surface area contributed by atoms with Gasteiger partial charge in [-0.05, 0) is 46.1 Å². The molecule has 3 rings (SSSR count). The highest BCUT2D eigenvalue weighted by Crippen LogP contribution is 2.33. The minimum atomic E-state index is -3.62. The third-order valence-corrected chi connectivity index (χ3v) is 8.72. The molecule has 0 aliphatic carbocycles. The van der Waals surface area contributed by atoms with Gasteiger partial charge in [0, 0.05) is 31.9 Å². The predicted octanol–water partition coefficient (Wildman–Crippen LogP) is 3.86. The Kier molecular flexibility index (Phi) is 7.04. The summed E-state index contributed by atoms with van der Waals surface area (Å²) in [5.41, 5.74) is 2.05. The maximum absolute atomic E-state index is 13.1. The van der Waals surface area contributed by atoms with Gasteiger partial charge in [-0.1, -0.05) is 19.8 Å². The number of aryl methyl sites for hydroxylation is 1. The number of nitrogens with one attached hydrogen (secondary N) is 1. The van der Waals surface area contributed by atoms with Crippen LogP contribution in [0, 0.1) is 13.8 Å². The zero-order chi connectivity index (χ0) is 22.1. The van der Waals surface area contributed by atoms with Gasteiger partial charge in [-0.15, -0.1) is 11.3 Å². The Morgan fingerprint density at radius 1 is 1.23 bits per heavy atom. The molecule has 1 atom stereocenters. The molecule has 0 spiro atoms. The van der Waals surface area contributed by atoms with Crippen LogP contribution in [-0.2, 0) is 17.1 Å². The first-order chi connectivity index (χ1) is 14.2. The van der Waals surface area contributed by atoms with Gasteiger partial charge < -0.3 is 9.47 Å². The number of likely N-dealkylation sites (tertiary alicyclic amines) is 1. The van der Waals surface area contributed by atoms with E-state index in [-0.39, 0.29) is 16.8 Å². The molecule has 1 aliphatic rings. The monoisotopic (exact) mass is 452 g/mol. The second-order valence-electron chi connectivity index (χ2n) is 8.11. The van der Waals surface area contributed by atoms with E-state index in [1.165, 1.54) is 24.2 Å². The quantitative estimate of drug-likeness (QED) is 0.721. The number of aromatic nitrogens is 2. The molecule has 9 heteroatoms. The highest BCUT2D eigenvalue weighted by Gasteiger charge is 2.27. The number of hydrogen-bond donors (Lipinski definition) is 1. The molecule has 166 valence electrons. The van der Waals surface area contributed by atoms with E-state index in [2.05, 4.69) is 9.71 Å². The van der Waals surface area contributed by atoms with Crippen molar-refractivity contribution in [1.82, 2.24) is 19.2 Å². The van der Waals surface area contributed by atoms with Crippen molar-refractivity contribution in [1.29, 1.82) is 0 Å². The molecule has 0 saturated carbocycles. The van der Waals surface area contributed by atoms with Crippen molar-refractivity contribution in [2.45, 2.75) is 70.7 Å².